The number of benzene rings is 1. The van der Waals surface area contributed by atoms with Crippen LogP contribution in [0.4, 0.5) is 4.79 Å². The molecule has 0 aliphatic carbocycles. The maximum atomic E-state index is 12.9. The van der Waals surface area contributed by atoms with Crippen molar-refractivity contribution >= 4 is 16.9 Å². The van der Waals surface area contributed by atoms with Crippen molar-refractivity contribution in [1.29, 1.82) is 0 Å². The van der Waals surface area contributed by atoms with Crippen molar-refractivity contribution in [3.8, 4) is 11.3 Å². The number of hydrogen-bond donors (Lipinski definition) is 1. The normalized spacial score (nSPS) is 19.7. The van der Waals surface area contributed by atoms with E-state index in [9.17, 15) is 4.79 Å². The van der Waals surface area contributed by atoms with Gasteiger partial charge in [-0.2, -0.15) is 5.10 Å². The van der Waals surface area contributed by atoms with Crippen molar-refractivity contribution in [1.82, 2.24) is 30.0 Å². The Morgan fingerprint density at radius 1 is 1.06 bits per heavy atom. The molecule has 5 heterocycles. The third-order valence-electron chi connectivity index (χ3n) is 7.07. The van der Waals surface area contributed by atoms with Gasteiger partial charge in [-0.3, -0.25) is 14.6 Å². The average Bonchev–Trinajstić information content (AvgIpc) is 3.49. The van der Waals surface area contributed by atoms with Crippen molar-refractivity contribution in [2.75, 3.05) is 13.1 Å². The highest BCUT2D eigenvalue weighted by Crippen LogP contribution is 2.43. The third kappa shape index (κ3) is 3.63. The number of carbonyl (C=O) groups excluding carboxylic acids is 1. The van der Waals surface area contributed by atoms with E-state index in [1.807, 2.05) is 41.4 Å². The highest BCUT2D eigenvalue weighted by atomic mass is 16.2. The molecule has 1 atom stereocenters. The van der Waals surface area contributed by atoms with E-state index in [4.69, 9.17) is 5.10 Å². The van der Waals surface area contributed by atoms with Crippen LogP contribution in [0.2, 0.25) is 0 Å². The lowest BCUT2D eigenvalue weighted by Gasteiger charge is -2.34. The molecule has 0 radical (unpaired) electrons. The Morgan fingerprint density at radius 3 is 2.85 bits per heavy atom. The number of aryl methyl sites for hydroxylation is 1. The van der Waals surface area contributed by atoms with Crippen LogP contribution < -0.4 is 5.32 Å². The molecule has 1 fully saturated rings. The fourth-order valence-electron chi connectivity index (χ4n) is 5.31. The number of aromatic nitrogens is 4. The van der Waals surface area contributed by atoms with E-state index in [0.29, 0.717) is 6.54 Å². The maximum absolute atomic E-state index is 12.9. The highest BCUT2D eigenvalue weighted by Gasteiger charge is 2.45. The standard InChI is InChI=1S/C26H26N6O/c33-25(29-16-19-6-10-27-11-7-19)31-13-9-26(18-31)8-3-12-32-24(26)15-23(30-32)21-14-20-4-1-2-5-22(20)28-17-21/h1-2,4-7,10-11,14-15,17H,3,8-9,12-13,16,18H2,(H,29,33). The number of rotatable bonds is 3. The van der Waals surface area contributed by atoms with Gasteiger partial charge in [-0.05, 0) is 55.2 Å². The molecule has 0 saturated carbocycles. The number of nitrogens with zero attached hydrogens (tertiary/aromatic N) is 5. The van der Waals surface area contributed by atoms with Crippen molar-refractivity contribution in [2.24, 2.45) is 0 Å². The Morgan fingerprint density at radius 2 is 1.94 bits per heavy atom. The van der Waals surface area contributed by atoms with E-state index in [0.717, 1.165) is 66.6 Å². The van der Waals surface area contributed by atoms with Crippen LogP contribution in [-0.4, -0.2) is 43.8 Å². The minimum atomic E-state index is -0.0260. The minimum absolute atomic E-state index is 0.000668. The lowest BCUT2D eigenvalue weighted by molar-refractivity contribution is 0.202. The van der Waals surface area contributed by atoms with Crippen LogP contribution in [0.5, 0.6) is 0 Å². The van der Waals surface area contributed by atoms with Gasteiger partial charge in [-0.1, -0.05) is 18.2 Å². The lowest BCUT2D eigenvalue weighted by atomic mass is 9.77. The van der Waals surface area contributed by atoms with Gasteiger partial charge in [0.25, 0.3) is 0 Å². The first kappa shape index (κ1) is 19.9. The molecular formula is C26H26N6O. The molecule has 1 aromatic carbocycles. The topological polar surface area (TPSA) is 75.9 Å². The van der Waals surface area contributed by atoms with Gasteiger partial charge < -0.3 is 10.2 Å². The van der Waals surface area contributed by atoms with Gasteiger partial charge in [0.2, 0.25) is 0 Å². The minimum Gasteiger partial charge on any atom is -0.334 e. The number of amides is 2. The first-order chi connectivity index (χ1) is 16.2. The summed E-state index contributed by atoms with van der Waals surface area (Å²) in [5, 5.41) is 9.13. The third-order valence-corrected chi connectivity index (χ3v) is 7.07. The zero-order valence-electron chi connectivity index (χ0n) is 18.4. The molecule has 2 aliphatic rings. The van der Waals surface area contributed by atoms with Crippen LogP contribution in [0.1, 0.15) is 30.5 Å². The van der Waals surface area contributed by atoms with Crippen molar-refractivity contribution < 1.29 is 4.79 Å². The Bertz CT molecular complexity index is 1320. The van der Waals surface area contributed by atoms with Gasteiger partial charge in [0.05, 0.1) is 11.2 Å². The lowest BCUT2D eigenvalue weighted by Crippen LogP contribution is -2.42. The Labute approximate surface area is 192 Å². The monoisotopic (exact) mass is 438 g/mol. The molecule has 0 bridgehead atoms. The second kappa shape index (κ2) is 7.99. The number of nitrogens with one attached hydrogen (secondary N) is 1. The largest absolute Gasteiger partial charge is 0.334 e. The van der Waals surface area contributed by atoms with Crippen LogP contribution in [-0.2, 0) is 18.5 Å². The van der Waals surface area contributed by atoms with E-state index in [-0.39, 0.29) is 11.4 Å². The Hall–Kier alpha value is -3.74. The van der Waals surface area contributed by atoms with Crippen LogP contribution in [0.15, 0.2) is 67.1 Å². The summed E-state index contributed by atoms with van der Waals surface area (Å²) in [6, 6.07) is 16.4. The number of para-hydroxylation sites is 1. The zero-order chi connectivity index (χ0) is 22.3. The number of urea groups is 1. The summed E-state index contributed by atoms with van der Waals surface area (Å²) >= 11 is 0. The molecule has 4 aromatic rings. The predicted molar refractivity (Wildman–Crippen MR) is 127 cm³/mol. The van der Waals surface area contributed by atoms with Gasteiger partial charge in [0.1, 0.15) is 0 Å². The van der Waals surface area contributed by atoms with E-state index in [1.54, 1.807) is 12.4 Å². The SMILES string of the molecule is O=C(NCc1ccncc1)N1CCC2(CCCn3nc(-c4cnc5ccccc5c4)cc32)C1. The molecule has 6 rings (SSSR count). The predicted octanol–water partition coefficient (Wildman–Crippen LogP) is 4.14. The van der Waals surface area contributed by atoms with E-state index < -0.39 is 0 Å². The summed E-state index contributed by atoms with van der Waals surface area (Å²) in [5.41, 5.74) is 5.27. The maximum Gasteiger partial charge on any atom is 0.317 e. The average molecular weight is 439 g/mol. The molecule has 3 aromatic heterocycles. The first-order valence-corrected chi connectivity index (χ1v) is 11.6. The van der Waals surface area contributed by atoms with Gasteiger partial charge in [0, 0.05) is 66.8 Å². The van der Waals surface area contributed by atoms with E-state index >= 15 is 0 Å². The molecule has 1 N–H and O–H groups in total. The fourth-order valence-corrected chi connectivity index (χ4v) is 5.31. The molecule has 2 aliphatic heterocycles. The van der Waals surface area contributed by atoms with Crippen LogP contribution in [0, 0.1) is 0 Å². The van der Waals surface area contributed by atoms with E-state index in [2.05, 4.69) is 38.2 Å². The summed E-state index contributed by atoms with van der Waals surface area (Å²) < 4.78 is 2.16. The molecule has 166 valence electrons. The van der Waals surface area contributed by atoms with Crippen molar-refractivity contribution in [2.45, 2.75) is 37.8 Å². The quantitative estimate of drug-likeness (QED) is 0.522. The summed E-state index contributed by atoms with van der Waals surface area (Å²) in [6.45, 7) is 2.94. The van der Waals surface area contributed by atoms with Crippen molar-refractivity contribution in [3.63, 3.8) is 0 Å². The smallest absolute Gasteiger partial charge is 0.317 e. The first-order valence-electron chi connectivity index (χ1n) is 11.6. The van der Waals surface area contributed by atoms with E-state index in [1.165, 1.54) is 5.69 Å². The van der Waals surface area contributed by atoms with Crippen molar-refractivity contribution in [3.05, 3.63) is 78.4 Å². The molecule has 7 nitrogen and oxygen atoms in total. The zero-order valence-corrected chi connectivity index (χ0v) is 18.4. The molecule has 33 heavy (non-hydrogen) atoms. The number of carbonyl (C=O) groups is 1. The van der Waals surface area contributed by atoms with Gasteiger partial charge >= 0.3 is 6.03 Å². The molecule has 1 spiro atoms. The fraction of sp³-hybridized carbons (Fsp3) is 0.308. The number of hydrogen-bond acceptors (Lipinski definition) is 4. The second-order valence-corrected chi connectivity index (χ2v) is 9.12. The van der Waals surface area contributed by atoms with Crippen LogP contribution in [0.3, 0.4) is 0 Å². The molecule has 1 unspecified atom stereocenters. The second-order valence-electron chi connectivity index (χ2n) is 9.12. The van der Waals surface area contributed by atoms with Gasteiger partial charge in [-0.25, -0.2) is 4.79 Å². The Balaban J connectivity index is 1.23. The summed E-state index contributed by atoms with van der Waals surface area (Å²) in [7, 11) is 0. The molecule has 2 amide bonds. The van der Waals surface area contributed by atoms with Gasteiger partial charge in [0.15, 0.2) is 0 Å². The summed E-state index contributed by atoms with van der Waals surface area (Å²) in [6.07, 6.45) is 8.54. The summed E-state index contributed by atoms with van der Waals surface area (Å²) in [4.78, 5) is 23.5. The summed E-state index contributed by atoms with van der Waals surface area (Å²) in [5.74, 6) is 0. The van der Waals surface area contributed by atoms with Crippen LogP contribution >= 0.6 is 0 Å². The van der Waals surface area contributed by atoms with Gasteiger partial charge in [-0.15, -0.1) is 0 Å². The molecular weight excluding hydrogens is 412 g/mol. The number of pyridine rings is 2. The molecule has 7 heteroatoms. The Kier molecular flexibility index (Phi) is 4.82. The number of fused-ring (bicyclic) bond motifs is 3. The molecule has 1 saturated heterocycles. The highest BCUT2D eigenvalue weighted by molar-refractivity contribution is 5.82. The number of likely N-dealkylation sites (tertiary alicyclic amines) is 1. The van der Waals surface area contributed by atoms with Crippen LogP contribution in [0.25, 0.3) is 22.2 Å².